The molecule has 0 aliphatic heterocycles. The Hall–Kier alpha value is -0.300. The summed E-state index contributed by atoms with van der Waals surface area (Å²) >= 11 is 0. The molecule has 1 nitrogen and oxygen atoms in total. The fourth-order valence-electron chi connectivity index (χ4n) is 0.896. The van der Waals surface area contributed by atoms with Gasteiger partial charge in [0.1, 0.15) is 0 Å². The third kappa shape index (κ3) is 7.60. The minimum Gasteiger partial charge on any atom is -0.378 e. The molecule has 11 heavy (non-hydrogen) atoms. The average molecular weight is 155 g/mol. The number of hydrogen-bond acceptors (Lipinski definition) is 1. The first-order valence-electron chi connectivity index (χ1n) is 4.46. The van der Waals surface area contributed by atoms with E-state index in [0.717, 1.165) is 13.0 Å². The second-order valence-corrected chi connectivity index (χ2v) is 2.86. The molecule has 1 radical (unpaired) electrons. The zero-order valence-corrected chi connectivity index (χ0v) is 7.68. The number of ether oxygens (including phenoxy) is 1. The zero-order chi connectivity index (χ0) is 8.53. The highest BCUT2D eigenvalue weighted by atomic mass is 16.5. The molecule has 0 aliphatic carbocycles. The van der Waals surface area contributed by atoms with Crippen LogP contribution in [0, 0.1) is 6.58 Å². The normalized spacial score (nSPS) is 12.9. The molecule has 0 fully saturated rings. The number of hydrogen-bond donors (Lipinski definition) is 0. The third-order valence-corrected chi connectivity index (χ3v) is 1.62. The van der Waals surface area contributed by atoms with Gasteiger partial charge >= 0.3 is 0 Å². The van der Waals surface area contributed by atoms with E-state index in [1.165, 1.54) is 19.3 Å². The standard InChI is InChI=1S/C10H19O/c1-4-6-7-9-11-10(3)8-5-2/h2,5,10H,4,6-9H2,1,3H3. The van der Waals surface area contributed by atoms with Gasteiger partial charge < -0.3 is 4.74 Å². The Morgan fingerprint density at radius 1 is 1.45 bits per heavy atom. The molecule has 1 unspecified atom stereocenters. The molecule has 1 atom stereocenters. The van der Waals surface area contributed by atoms with Gasteiger partial charge in [-0.2, -0.15) is 0 Å². The van der Waals surface area contributed by atoms with E-state index in [4.69, 9.17) is 11.3 Å². The van der Waals surface area contributed by atoms with Crippen molar-refractivity contribution >= 4 is 0 Å². The Bertz CT molecular complexity index is 88.9. The van der Waals surface area contributed by atoms with Crippen LogP contribution in [0.4, 0.5) is 0 Å². The first-order valence-corrected chi connectivity index (χ1v) is 4.46. The van der Waals surface area contributed by atoms with E-state index in [-0.39, 0.29) is 6.10 Å². The minimum absolute atomic E-state index is 0.289. The average Bonchev–Trinajstić information content (AvgIpc) is 1.99. The molecule has 0 rings (SSSR count). The van der Waals surface area contributed by atoms with Crippen LogP contribution in [0.2, 0.25) is 0 Å². The molecule has 0 N–H and O–H groups in total. The van der Waals surface area contributed by atoms with Gasteiger partial charge in [-0.3, -0.25) is 0 Å². The molecule has 0 spiro atoms. The maximum Gasteiger partial charge on any atom is 0.0581 e. The summed E-state index contributed by atoms with van der Waals surface area (Å²) in [6.07, 6.45) is 6.49. The molecule has 1 heteroatoms. The summed E-state index contributed by atoms with van der Waals surface area (Å²) in [5.74, 6) is 0. The van der Waals surface area contributed by atoms with E-state index in [1.54, 1.807) is 6.08 Å². The van der Waals surface area contributed by atoms with Crippen molar-refractivity contribution in [3.05, 3.63) is 12.7 Å². The molecule has 0 aromatic heterocycles. The summed E-state index contributed by atoms with van der Waals surface area (Å²) in [5.41, 5.74) is 0. The lowest BCUT2D eigenvalue weighted by molar-refractivity contribution is 0.0655. The van der Waals surface area contributed by atoms with Crippen molar-refractivity contribution in [1.29, 1.82) is 0 Å². The van der Waals surface area contributed by atoms with Crippen LogP contribution in [0.1, 0.15) is 39.5 Å². The molecule has 0 bridgehead atoms. The van der Waals surface area contributed by atoms with Crippen LogP contribution in [-0.4, -0.2) is 12.7 Å². The third-order valence-electron chi connectivity index (χ3n) is 1.62. The molecular formula is C10H19O. The van der Waals surface area contributed by atoms with E-state index in [0.29, 0.717) is 0 Å². The van der Waals surface area contributed by atoms with Crippen molar-refractivity contribution in [1.82, 2.24) is 0 Å². The van der Waals surface area contributed by atoms with Crippen molar-refractivity contribution in [3.63, 3.8) is 0 Å². The van der Waals surface area contributed by atoms with E-state index >= 15 is 0 Å². The van der Waals surface area contributed by atoms with Crippen LogP contribution in [0.15, 0.2) is 6.08 Å². The summed E-state index contributed by atoms with van der Waals surface area (Å²) < 4.78 is 5.47. The Morgan fingerprint density at radius 2 is 2.18 bits per heavy atom. The summed E-state index contributed by atoms with van der Waals surface area (Å²) in [6.45, 7) is 10.4. The fraction of sp³-hybridized carbons (Fsp3) is 0.800. The molecular weight excluding hydrogens is 136 g/mol. The van der Waals surface area contributed by atoms with Gasteiger partial charge in [-0.25, -0.2) is 0 Å². The molecule has 0 heterocycles. The van der Waals surface area contributed by atoms with Crippen molar-refractivity contribution < 1.29 is 4.74 Å². The minimum atomic E-state index is 0.289. The van der Waals surface area contributed by atoms with Gasteiger partial charge in [0.05, 0.1) is 6.10 Å². The highest BCUT2D eigenvalue weighted by Crippen LogP contribution is 2.00. The molecule has 0 aromatic rings. The number of rotatable bonds is 7. The van der Waals surface area contributed by atoms with Crippen LogP contribution in [0.3, 0.4) is 0 Å². The van der Waals surface area contributed by atoms with Gasteiger partial charge in [0.25, 0.3) is 0 Å². The maximum absolute atomic E-state index is 5.47. The molecule has 0 amide bonds. The molecule has 0 aromatic carbocycles. The van der Waals surface area contributed by atoms with E-state index in [2.05, 4.69) is 13.8 Å². The van der Waals surface area contributed by atoms with E-state index < -0.39 is 0 Å². The zero-order valence-electron chi connectivity index (χ0n) is 7.68. The van der Waals surface area contributed by atoms with E-state index in [1.807, 2.05) is 0 Å². The lowest BCUT2D eigenvalue weighted by Gasteiger charge is -2.09. The Morgan fingerprint density at radius 3 is 2.73 bits per heavy atom. The first kappa shape index (κ1) is 10.7. The lowest BCUT2D eigenvalue weighted by atomic mass is 10.2. The van der Waals surface area contributed by atoms with Gasteiger partial charge in [-0.1, -0.05) is 32.4 Å². The van der Waals surface area contributed by atoms with Gasteiger partial charge in [0, 0.05) is 6.61 Å². The van der Waals surface area contributed by atoms with Gasteiger partial charge in [0.2, 0.25) is 0 Å². The van der Waals surface area contributed by atoms with Gasteiger partial charge in [0.15, 0.2) is 0 Å². The molecule has 0 aliphatic rings. The van der Waals surface area contributed by atoms with Gasteiger partial charge in [-0.15, -0.1) is 0 Å². The highest BCUT2D eigenvalue weighted by molar-refractivity contribution is 4.67. The van der Waals surface area contributed by atoms with Gasteiger partial charge in [-0.05, 0) is 19.8 Å². The largest absolute Gasteiger partial charge is 0.378 e. The van der Waals surface area contributed by atoms with Crippen molar-refractivity contribution in [2.75, 3.05) is 6.61 Å². The molecule has 0 saturated carbocycles. The van der Waals surface area contributed by atoms with Crippen LogP contribution in [-0.2, 0) is 4.74 Å². The van der Waals surface area contributed by atoms with Crippen molar-refractivity contribution in [2.24, 2.45) is 0 Å². The summed E-state index contributed by atoms with van der Waals surface area (Å²) in [6, 6.07) is 0. The first-order chi connectivity index (χ1) is 5.31. The molecule has 0 saturated heterocycles. The Kier molecular flexibility index (Phi) is 7.59. The summed E-state index contributed by atoms with van der Waals surface area (Å²) in [5, 5.41) is 0. The number of unbranched alkanes of at least 4 members (excludes halogenated alkanes) is 2. The monoisotopic (exact) mass is 155 g/mol. The van der Waals surface area contributed by atoms with Crippen molar-refractivity contribution in [2.45, 2.75) is 45.6 Å². The van der Waals surface area contributed by atoms with E-state index in [9.17, 15) is 0 Å². The second kappa shape index (κ2) is 7.80. The van der Waals surface area contributed by atoms with Crippen LogP contribution < -0.4 is 0 Å². The summed E-state index contributed by atoms with van der Waals surface area (Å²) in [4.78, 5) is 0. The maximum atomic E-state index is 5.47. The predicted octanol–water partition coefficient (Wildman–Crippen LogP) is 2.96. The lowest BCUT2D eigenvalue weighted by Crippen LogP contribution is -2.07. The Balaban J connectivity index is 3.03. The smallest absolute Gasteiger partial charge is 0.0581 e. The quantitative estimate of drug-likeness (QED) is 0.514. The SMILES string of the molecule is [CH]=CCC(C)OCCCCC. The Labute approximate surface area is 70.4 Å². The fourth-order valence-corrected chi connectivity index (χ4v) is 0.896. The topological polar surface area (TPSA) is 9.23 Å². The molecule has 65 valence electrons. The highest BCUT2D eigenvalue weighted by Gasteiger charge is 1.97. The van der Waals surface area contributed by atoms with Crippen LogP contribution in [0.25, 0.3) is 0 Å². The second-order valence-electron chi connectivity index (χ2n) is 2.86. The van der Waals surface area contributed by atoms with Crippen LogP contribution in [0.5, 0.6) is 0 Å². The predicted molar refractivity (Wildman–Crippen MR) is 48.4 cm³/mol. The van der Waals surface area contributed by atoms with Crippen LogP contribution >= 0.6 is 0 Å². The van der Waals surface area contributed by atoms with Crippen molar-refractivity contribution in [3.8, 4) is 0 Å². The summed E-state index contributed by atoms with van der Waals surface area (Å²) in [7, 11) is 0.